The second-order valence-electron chi connectivity index (χ2n) is 2.73. The average Bonchev–Trinajstić information content (AvgIpc) is 2.40. The van der Waals surface area contributed by atoms with Gasteiger partial charge in [-0.25, -0.2) is 4.79 Å². The van der Waals surface area contributed by atoms with Gasteiger partial charge in [-0.3, -0.25) is 0 Å². The van der Waals surface area contributed by atoms with Gasteiger partial charge in [0.05, 0.1) is 0 Å². The van der Waals surface area contributed by atoms with Crippen LogP contribution in [0.25, 0.3) is 0 Å². The van der Waals surface area contributed by atoms with Crippen LogP contribution in [0.3, 0.4) is 0 Å². The van der Waals surface area contributed by atoms with Crippen LogP contribution in [0.5, 0.6) is 0 Å². The first-order valence-electron chi connectivity index (χ1n) is 4.80. The number of carbonyl (C=O) groups excluding carboxylic acids is 1. The number of carbonyl (C=O) groups is 1. The van der Waals surface area contributed by atoms with Crippen LogP contribution in [-0.4, -0.2) is 30.1 Å². The Labute approximate surface area is 75.1 Å². The minimum Gasteiger partial charge on any atom is -0.336 e. The van der Waals surface area contributed by atoms with Gasteiger partial charge in [-0.2, -0.15) is 0 Å². The number of nitrogens with one attached hydrogen (secondary N) is 1. The molecule has 1 saturated heterocycles. The van der Waals surface area contributed by atoms with Crippen molar-refractivity contribution in [1.29, 1.82) is 0 Å². The molecule has 0 aromatic rings. The minimum absolute atomic E-state index is 0.0920. The summed E-state index contributed by atoms with van der Waals surface area (Å²) >= 11 is 0. The third kappa shape index (κ3) is 2.72. The van der Waals surface area contributed by atoms with E-state index < -0.39 is 0 Å². The number of hydrogen-bond donors (Lipinski definition) is 1. The lowest BCUT2D eigenvalue weighted by Gasteiger charge is -2.17. The predicted octanol–water partition coefficient (Wildman–Crippen LogP) is 1.84. The first-order valence-corrected chi connectivity index (χ1v) is 4.80. The third-order valence-electron chi connectivity index (χ3n) is 1.81. The van der Waals surface area contributed by atoms with Crippen molar-refractivity contribution in [1.82, 2.24) is 10.2 Å². The summed E-state index contributed by atoms with van der Waals surface area (Å²) in [5, 5.41) is 2.79. The Morgan fingerprint density at radius 1 is 1.58 bits per heavy atom. The standard InChI is InChI=1S/C7H14N2O.C2H6/c1-3-4-9-6(2)5-8-7(9)10;1-2/h6H,3-5H2,1-2H3,(H,8,10);1-2H3/t6-;/m0./s1. The topological polar surface area (TPSA) is 32.3 Å². The van der Waals surface area contributed by atoms with Gasteiger partial charge in [0.15, 0.2) is 0 Å². The van der Waals surface area contributed by atoms with Gasteiger partial charge in [0, 0.05) is 19.1 Å². The fraction of sp³-hybridized carbons (Fsp3) is 0.889. The molecule has 12 heavy (non-hydrogen) atoms. The summed E-state index contributed by atoms with van der Waals surface area (Å²) in [6, 6.07) is 0.474. The Bertz CT molecular complexity index is 136. The van der Waals surface area contributed by atoms with Gasteiger partial charge >= 0.3 is 6.03 Å². The lowest BCUT2D eigenvalue weighted by atomic mass is 10.3. The van der Waals surface area contributed by atoms with Crippen molar-refractivity contribution in [3.05, 3.63) is 0 Å². The van der Waals surface area contributed by atoms with E-state index in [1.54, 1.807) is 0 Å². The normalized spacial score (nSPS) is 21.5. The fourth-order valence-corrected chi connectivity index (χ4v) is 1.21. The molecule has 1 heterocycles. The second kappa shape index (κ2) is 5.86. The molecule has 0 aromatic carbocycles. The van der Waals surface area contributed by atoms with Gasteiger partial charge < -0.3 is 10.2 Å². The Balaban J connectivity index is 0.000000561. The smallest absolute Gasteiger partial charge is 0.317 e. The molecule has 72 valence electrons. The van der Waals surface area contributed by atoms with Gasteiger partial charge in [0.25, 0.3) is 0 Å². The molecule has 0 saturated carbocycles. The predicted molar refractivity (Wildman–Crippen MR) is 51.2 cm³/mol. The van der Waals surface area contributed by atoms with E-state index in [-0.39, 0.29) is 6.03 Å². The summed E-state index contributed by atoms with van der Waals surface area (Å²) in [6.45, 7) is 9.83. The molecule has 1 fully saturated rings. The van der Waals surface area contributed by atoms with Crippen LogP contribution in [0.15, 0.2) is 0 Å². The molecule has 2 amide bonds. The average molecular weight is 172 g/mol. The zero-order chi connectivity index (χ0) is 9.56. The first-order chi connectivity index (χ1) is 5.75. The highest BCUT2D eigenvalue weighted by Gasteiger charge is 2.25. The summed E-state index contributed by atoms with van der Waals surface area (Å²) in [6.07, 6.45) is 1.04. The maximum atomic E-state index is 11.0. The number of nitrogens with zero attached hydrogens (tertiary/aromatic N) is 1. The number of hydrogen-bond acceptors (Lipinski definition) is 1. The molecule has 1 N–H and O–H groups in total. The Morgan fingerprint density at radius 3 is 2.50 bits per heavy atom. The molecule has 0 unspecified atom stereocenters. The molecule has 1 aliphatic heterocycles. The van der Waals surface area contributed by atoms with E-state index in [0.29, 0.717) is 6.04 Å². The molecular weight excluding hydrogens is 152 g/mol. The highest BCUT2D eigenvalue weighted by molar-refractivity contribution is 5.76. The van der Waals surface area contributed by atoms with Gasteiger partial charge in [-0.05, 0) is 13.3 Å². The van der Waals surface area contributed by atoms with Crippen molar-refractivity contribution in [3.63, 3.8) is 0 Å². The molecule has 0 bridgehead atoms. The van der Waals surface area contributed by atoms with Crippen molar-refractivity contribution in [2.24, 2.45) is 0 Å². The molecule has 1 aliphatic rings. The first kappa shape index (κ1) is 11.3. The number of urea groups is 1. The lowest BCUT2D eigenvalue weighted by molar-refractivity contribution is 0.207. The molecule has 0 radical (unpaired) electrons. The van der Waals surface area contributed by atoms with E-state index in [0.717, 1.165) is 19.5 Å². The maximum Gasteiger partial charge on any atom is 0.317 e. The monoisotopic (exact) mass is 172 g/mol. The quantitative estimate of drug-likeness (QED) is 0.677. The zero-order valence-electron chi connectivity index (χ0n) is 8.55. The van der Waals surface area contributed by atoms with Crippen LogP contribution in [0.4, 0.5) is 4.79 Å². The fourth-order valence-electron chi connectivity index (χ4n) is 1.21. The summed E-state index contributed by atoms with van der Waals surface area (Å²) in [5.41, 5.74) is 0. The van der Waals surface area contributed by atoms with Gasteiger partial charge in [0.1, 0.15) is 0 Å². The Morgan fingerprint density at radius 2 is 2.17 bits per heavy atom. The van der Waals surface area contributed by atoms with E-state index >= 15 is 0 Å². The van der Waals surface area contributed by atoms with Crippen LogP contribution < -0.4 is 5.32 Å². The van der Waals surface area contributed by atoms with E-state index in [1.165, 1.54) is 0 Å². The SMILES string of the molecule is CC.CCCN1C(=O)NC[C@@H]1C. The molecule has 0 aromatic heterocycles. The summed E-state index contributed by atoms with van der Waals surface area (Å²) in [7, 11) is 0. The number of amides is 2. The van der Waals surface area contributed by atoms with Crippen molar-refractivity contribution in [2.75, 3.05) is 13.1 Å². The largest absolute Gasteiger partial charge is 0.336 e. The lowest BCUT2D eigenvalue weighted by Crippen LogP contribution is -2.32. The molecule has 3 heteroatoms. The van der Waals surface area contributed by atoms with Crippen molar-refractivity contribution < 1.29 is 4.79 Å². The summed E-state index contributed by atoms with van der Waals surface area (Å²) in [5.74, 6) is 0. The van der Waals surface area contributed by atoms with Crippen LogP contribution in [0.1, 0.15) is 34.1 Å². The van der Waals surface area contributed by atoms with Gasteiger partial charge in [0.2, 0.25) is 0 Å². The van der Waals surface area contributed by atoms with Crippen LogP contribution in [0.2, 0.25) is 0 Å². The van der Waals surface area contributed by atoms with Gasteiger partial charge in [-0.1, -0.05) is 20.8 Å². The molecular formula is C9H20N2O. The summed E-state index contributed by atoms with van der Waals surface area (Å²) < 4.78 is 0. The molecule has 1 rings (SSSR count). The summed E-state index contributed by atoms with van der Waals surface area (Å²) in [4.78, 5) is 12.9. The highest BCUT2D eigenvalue weighted by atomic mass is 16.2. The van der Waals surface area contributed by atoms with E-state index in [2.05, 4.69) is 19.2 Å². The van der Waals surface area contributed by atoms with Crippen LogP contribution in [-0.2, 0) is 0 Å². The Hall–Kier alpha value is -0.730. The second-order valence-corrected chi connectivity index (χ2v) is 2.73. The van der Waals surface area contributed by atoms with Crippen molar-refractivity contribution in [3.8, 4) is 0 Å². The highest BCUT2D eigenvalue weighted by Crippen LogP contribution is 2.05. The van der Waals surface area contributed by atoms with Gasteiger partial charge in [-0.15, -0.1) is 0 Å². The van der Waals surface area contributed by atoms with Crippen molar-refractivity contribution in [2.45, 2.75) is 40.2 Å². The Kier molecular flexibility index (Phi) is 5.51. The maximum absolute atomic E-state index is 11.0. The zero-order valence-corrected chi connectivity index (χ0v) is 8.55. The van der Waals surface area contributed by atoms with Crippen molar-refractivity contribution >= 4 is 6.03 Å². The minimum atomic E-state index is 0.0920. The van der Waals surface area contributed by atoms with E-state index in [1.807, 2.05) is 18.7 Å². The molecule has 3 nitrogen and oxygen atoms in total. The number of rotatable bonds is 2. The van der Waals surface area contributed by atoms with Crippen LogP contribution in [0, 0.1) is 0 Å². The van der Waals surface area contributed by atoms with E-state index in [4.69, 9.17) is 0 Å². The molecule has 1 atom stereocenters. The van der Waals surface area contributed by atoms with E-state index in [9.17, 15) is 4.79 Å². The third-order valence-corrected chi connectivity index (χ3v) is 1.81. The molecule has 0 aliphatic carbocycles. The van der Waals surface area contributed by atoms with Crippen LogP contribution >= 0.6 is 0 Å². The molecule has 0 spiro atoms.